The topological polar surface area (TPSA) is 0 Å². The molecule has 0 amide bonds. The van der Waals surface area contributed by atoms with Crippen LogP contribution in [0, 0.1) is 17.8 Å². The third-order valence-corrected chi connectivity index (χ3v) is 3.81. The zero-order chi connectivity index (χ0) is 12.7. The maximum atomic E-state index is 3.94. The molecule has 1 aliphatic rings. The fourth-order valence-electron chi connectivity index (χ4n) is 2.74. The van der Waals surface area contributed by atoms with E-state index < -0.39 is 0 Å². The quantitative estimate of drug-likeness (QED) is 0.417. The van der Waals surface area contributed by atoms with Crippen molar-refractivity contribution >= 4 is 0 Å². The van der Waals surface area contributed by atoms with Crippen molar-refractivity contribution in [3.8, 4) is 0 Å². The molecule has 0 saturated carbocycles. The monoisotopic (exact) mass is 232 g/mol. The number of hydrogen-bond donors (Lipinski definition) is 0. The van der Waals surface area contributed by atoms with E-state index in [0.717, 1.165) is 17.4 Å². The molecule has 0 heteroatoms. The summed E-state index contributed by atoms with van der Waals surface area (Å²) in [6.45, 7) is 10.6. The smallest absolute Gasteiger partial charge is 0.0170 e. The van der Waals surface area contributed by atoms with Crippen molar-refractivity contribution in [3.05, 3.63) is 36.5 Å². The SMILES string of the molecule is C=C(C)/C=C\C(CC)C1C=CC(CCC)CC1. The molecule has 3 unspecified atom stereocenters. The highest BCUT2D eigenvalue weighted by molar-refractivity contribution is 5.14. The van der Waals surface area contributed by atoms with Gasteiger partial charge in [-0.25, -0.2) is 0 Å². The average molecular weight is 232 g/mol. The zero-order valence-corrected chi connectivity index (χ0v) is 11.8. The van der Waals surface area contributed by atoms with Gasteiger partial charge in [-0.2, -0.15) is 0 Å². The summed E-state index contributed by atoms with van der Waals surface area (Å²) in [4.78, 5) is 0. The lowest BCUT2D eigenvalue weighted by Crippen LogP contribution is -2.15. The molecule has 0 aromatic heterocycles. The average Bonchev–Trinajstić information content (AvgIpc) is 2.32. The molecule has 0 fully saturated rings. The van der Waals surface area contributed by atoms with Gasteiger partial charge in [-0.1, -0.05) is 56.7 Å². The molecule has 0 aliphatic heterocycles. The minimum absolute atomic E-state index is 0.700. The molecule has 17 heavy (non-hydrogen) atoms. The summed E-state index contributed by atoms with van der Waals surface area (Å²) in [7, 11) is 0. The van der Waals surface area contributed by atoms with Gasteiger partial charge in [0.25, 0.3) is 0 Å². The van der Waals surface area contributed by atoms with Crippen LogP contribution in [0.15, 0.2) is 36.5 Å². The summed E-state index contributed by atoms with van der Waals surface area (Å²) in [6.07, 6.45) is 16.1. The van der Waals surface area contributed by atoms with E-state index in [2.05, 4.69) is 51.7 Å². The zero-order valence-electron chi connectivity index (χ0n) is 11.8. The van der Waals surface area contributed by atoms with Crippen molar-refractivity contribution in [3.63, 3.8) is 0 Å². The van der Waals surface area contributed by atoms with Crippen LogP contribution in [-0.4, -0.2) is 0 Å². The van der Waals surface area contributed by atoms with Crippen LogP contribution < -0.4 is 0 Å². The molecule has 0 aromatic rings. The van der Waals surface area contributed by atoms with E-state index in [-0.39, 0.29) is 0 Å². The first-order valence-corrected chi connectivity index (χ1v) is 7.19. The van der Waals surface area contributed by atoms with Crippen LogP contribution in [0.25, 0.3) is 0 Å². The van der Waals surface area contributed by atoms with Crippen LogP contribution in [0.5, 0.6) is 0 Å². The molecule has 0 saturated heterocycles. The summed E-state index contributed by atoms with van der Waals surface area (Å²) < 4.78 is 0. The van der Waals surface area contributed by atoms with Gasteiger partial charge < -0.3 is 0 Å². The Morgan fingerprint density at radius 3 is 2.59 bits per heavy atom. The highest BCUT2D eigenvalue weighted by Gasteiger charge is 2.20. The summed E-state index contributed by atoms with van der Waals surface area (Å²) in [6, 6.07) is 0. The van der Waals surface area contributed by atoms with E-state index in [1.165, 1.54) is 32.1 Å². The van der Waals surface area contributed by atoms with Crippen molar-refractivity contribution in [2.45, 2.75) is 52.9 Å². The highest BCUT2D eigenvalue weighted by atomic mass is 14.2. The van der Waals surface area contributed by atoms with Crippen molar-refractivity contribution in [1.82, 2.24) is 0 Å². The largest absolute Gasteiger partial charge is 0.0961 e. The first kappa shape index (κ1) is 14.3. The number of rotatable bonds is 6. The predicted molar refractivity (Wildman–Crippen MR) is 78.0 cm³/mol. The van der Waals surface area contributed by atoms with Gasteiger partial charge in [-0.15, -0.1) is 0 Å². The minimum atomic E-state index is 0.700. The van der Waals surface area contributed by atoms with E-state index in [1.807, 2.05) is 0 Å². The molecule has 0 aromatic carbocycles. The van der Waals surface area contributed by atoms with E-state index in [0.29, 0.717) is 5.92 Å². The lowest BCUT2D eigenvalue weighted by atomic mass is 9.78. The highest BCUT2D eigenvalue weighted by Crippen LogP contribution is 2.32. The Morgan fingerprint density at radius 1 is 1.35 bits per heavy atom. The molecule has 0 heterocycles. The third kappa shape index (κ3) is 4.93. The van der Waals surface area contributed by atoms with Gasteiger partial charge in [0.1, 0.15) is 0 Å². The Hall–Kier alpha value is -0.780. The molecule has 0 bridgehead atoms. The second-order valence-corrected chi connectivity index (χ2v) is 5.45. The van der Waals surface area contributed by atoms with Crippen LogP contribution in [0.4, 0.5) is 0 Å². The van der Waals surface area contributed by atoms with Gasteiger partial charge in [0, 0.05) is 0 Å². The minimum Gasteiger partial charge on any atom is -0.0961 e. The molecule has 96 valence electrons. The number of hydrogen-bond acceptors (Lipinski definition) is 0. The molecule has 0 spiro atoms. The third-order valence-electron chi connectivity index (χ3n) is 3.81. The van der Waals surface area contributed by atoms with E-state index >= 15 is 0 Å². The Labute approximate surface area is 108 Å². The Kier molecular flexibility index (Phi) is 6.32. The second kappa shape index (κ2) is 7.53. The fourth-order valence-corrected chi connectivity index (χ4v) is 2.74. The van der Waals surface area contributed by atoms with Crippen molar-refractivity contribution in [2.75, 3.05) is 0 Å². The second-order valence-electron chi connectivity index (χ2n) is 5.45. The van der Waals surface area contributed by atoms with Gasteiger partial charge in [-0.3, -0.25) is 0 Å². The Bertz CT molecular complexity index is 282. The maximum Gasteiger partial charge on any atom is -0.0170 e. The lowest BCUT2D eigenvalue weighted by Gasteiger charge is -2.27. The van der Waals surface area contributed by atoms with Gasteiger partial charge >= 0.3 is 0 Å². The van der Waals surface area contributed by atoms with Crippen molar-refractivity contribution in [1.29, 1.82) is 0 Å². The predicted octanol–water partition coefficient (Wildman–Crippen LogP) is 5.53. The molecule has 1 aliphatic carbocycles. The van der Waals surface area contributed by atoms with Crippen LogP contribution in [0.3, 0.4) is 0 Å². The van der Waals surface area contributed by atoms with Crippen molar-refractivity contribution in [2.24, 2.45) is 17.8 Å². The summed E-state index contributed by atoms with van der Waals surface area (Å²) in [5, 5.41) is 0. The van der Waals surface area contributed by atoms with E-state index in [9.17, 15) is 0 Å². The fraction of sp³-hybridized carbons (Fsp3) is 0.647. The lowest BCUT2D eigenvalue weighted by molar-refractivity contribution is 0.364. The van der Waals surface area contributed by atoms with Gasteiger partial charge in [0.05, 0.1) is 0 Å². The van der Waals surface area contributed by atoms with Crippen molar-refractivity contribution < 1.29 is 0 Å². The summed E-state index contributed by atoms with van der Waals surface area (Å²) in [5.74, 6) is 2.30. The molecule has 1 rings (SSSR count). The van der Waals surface area contributed by atoms with Gasteiger partial charge in [0.15, 0.2) is 0 Å². The number of allylic oxidation sites excluding steroid dienone is 5. The van der Waals surface area contributed by atoms with Crippen LogP contribution in [-0.2, 0) is 0 Å². The van der Waals surface area contributed by atoms with Gasteiger partial charge in [0.2, 0.25) is 0 Å². The molecule has 0 nitrogen and oxygen atoms in total. The molecule has 0 N–H and O–H groups in total. The molecular formula is C17H28. The molecular weight excluding hydrogens is 204 g/mol. The first-order valence-electron chi connectivity index (χ1n) is 7.19. The summed E-state index contributed by atoms with van der Waals surface area (Å²) in [5.41, 5.74) is 1.16. The molecule has 3 atom stereocenters. The Balaban J connectivity index is 2.54. The van der Waals surface area contributed by atoms with E-state index in [4.69, 9.17) is 0 Å². The first-order chi connectivity index (χ1) is 8.17. The maximum absolute atomic E-state index is 3.94. The van der Waals surface area contributed by atoms with Gasteiger partial charge in [-0.05, 0) is 50.4 Å². The van der Waals surface area contributed by atoms with E-state index in [1.54, 1.807) is 0 Å². The van der Waals surface area contributed by atoms with Crippen LogP contribution in [0.1, 0.15) is 52.9 Å². The normalized spacial score (nSPS) is 26.3. The summed E-state index contributed by atoms with van der Waals surface area (Å²) >= 11 is 0. The standard InChI is InChI=1S/C17H28/c1-5-7-15-9-12-17(13-10-15)16(6-2)11-8-14(3)4/h8-9,11-12,15-17H,3,5-7,10,13H2,1-2,4H3/b11-8-. The molecule has 0 radical (unpaired) electrons. The van der Waals surface area contributed by atoms with Crippen LogP contribution >= 0.6 is 0 Å². The van der Waals surface area contributed by atoms with Crippen LogP contribution in [0.2, 0.25) is 0 Å². The Morgan fingerprint density at radius 2 is 2.12 bits per heavy atom.